The van der Waals surface area contributed by atoms with Gasteiger partial charge in [0.05, 0.1) is 37.2 Å². The van der Waals surface area contributed by atoms with E-state index in [1.807, 2.05) is 0 Å². The third-order valence-corrected chi connectivity index (χ3v) is 5.82. The Labute approximate surface area is 200 Å². The van der Waals surface area contributed by atoms with Gasteiger partial charge >= 0.3 is 11.9 Å². The molecule has 0 aliphatic rings. The monoisotopic (exact) mass is 474 g/mol. The van der Waals surface area contributed by atoms with Crippen LogP contribution in [0.15, 0.2) is 76.1 Å². The van der Waals surface area contributed by atoms with Crippen molar-refractivity contribution in [2.45, 2.75) is 12.3 Å². The molecule has 1 heterocycles. The number of carbonyl (C=O) groups is 2. The largest absolute Gasteiger partial charge is 0.508 e. The molecule has 2 N–H and O–H groups in total. The highest BCUT2D eigenvalue weighted by atomic mass is 16.5. The van der Waals surface area contributed by atoms with Gasteiger partial charge in [-0.2, -0.15) is 0 Å². The third-order valence-electron chi connectivity index (χ3n) is 5.82. The zero-order chi connectivity index (χ0) is 25.1. The van der Waals surface area contributed by atoms with Crippen LogP contribution in [0, 0.1) is 0 Å². The smallest absolute Gasteiger partial charge is 0.337 e. The first-order chi connectivity index (χ1) is 16.8. The van der Waals surface area contributed by atoms with Crippen LogP contribution in [0.2, 0.25) is 0 Å². The van der Waals surface area contributed by atoms with Gasteiger partial charge in [-0.3, -0.25) is 9.59 Å². The van der Waals surface area contributed by atoms with Gasteiger partial charge in [-0.1, -0.05) is 24.3 Å². The van der Waals surface area contributed by atoms with E-state index in [1.54, 1.807) is 36.4 Å². The van der Waals surface area contributed by atoms with Crippen LogP contribution in [0.3, 0.4) is 0 Å². The van der Waals surface area contributed by atoms with E-state index >= 15 is 0 Å². The molecule has 8 nitrogen and oxygen atoms in total. The fourth-order valence-corrected chi connectivity index (χ4v) is 3.99. The van der Waals surface area contributed by atoms with E-state index in [-0.39, 0.29) is 45.4 Å². The maximum Gasteiger partial charge on any atom is 0.337 e. The average molecular weight is 474 g/mol. The Morgan fingerprint density at radius 1 is 0.914 bits per heavy atom. The van der Waals surface area contributed by atoms with Crippen molar-refractivity contribution in [2.24, 2.45) is 0 Å². The molecule has 178 valence electrons. The first-order valence-electron chi connectivity index (χ1n) is 10.7. The van der Waals surface area contributed by atoms with E-state index in [9.17, 15) is 24.6 Å². The minimum absolute atomic E-state index is 0.0648. The highest BCUT2D eigenvalue weighted by Gasteiger charge is 2.27. The van der Waals surface area contributed by atoms with E-state index < -0.39 is 17.9 Å². The Kier molecular flexibility index (Phi) is 6.55. The molecule has 0 unspecified atom stereocenters. The van der Waals surface area contributed by atoms with Crippen LogP contribution < -0.4 is 5.43 Å². The van der Waals surface area contributed by atoms with Crippen molar-refractivity contribution in [1.82, 2.24) is 0 Å². The van der Waals surface area contributed by atoms with Crippen molar-refractivity contribution in [1.29, 1.82) is 0 Å². The molecule has 8 heteroatoms. The number of benzene rings is 3. The van der Waals surface area contributed by atoms with Crippen LogP contribution >= 0.6 is 0 Å². The first kappa shape index (κ1) is 23.6. The van der Waals surface area contributed by atoms with Gasteiger partial charge in [0, 0.05) is 11.5 Å². The van der Waals surface area contributed by atoms with Crippen molar-refractivity contribution in [2.75, 3.05) is 14.2 Å². The van der Waals surface area contributed by atoms with Gasteiger partial charge in [0.1, 0.15) is 23.3 Å². The fraction of sp³-hybridized carbons (Fsp3) is 0.148. The van der Waals surface area contributed by atoms with Crippen molar-refractivity contribution in [3.63, 3.8) is 0 Å². The lowest BCUT2D eigenvalue weighted by Gasteiger charge is -2.20. The zero-order valence-electron chi connectivity index (χ0n) is 19.0. The Hall–Kier alpha value is -4.59. The summed E-state index contributed by atoms with van der Waals surface area (Å²) >= 11 is 0. The molecule has 0 spiro atoms. The van der Waals surface area contributed by atoms with Gasteiger partial charge in [-0.25, -0.2) is 4.79 Å². The lowest BCUT2D eigenvalue weighted by molar-refractivity contribution is -0.140. The van der Waals surface area contributed by atoms with E-state index in [1.165, 1.54) is 44.7 Å². The van der Waals surface area contributed by atoms with E-state index in [2.05, 4.69) is 0 Å². The van der Waals surface area contributed by atoms with Crippen LogP contribution in [-0.2, 0) is 14.3 Å². The van der Waals surface area contributed by atoms with Crippen LogP contribution in [0.4, 0.5) is 0 Å². The second-order valence-corrected chi connectivity index (χ2v) is 7.85. The van der Waals surface area contributed by atoms with Gasteiger partial charge in [0.2, 0.25) is 5.43 Å². The number of ether oxygens (including phenoxy) is 2. The maximum absolute atomic E-state index is 13.3. The quantitative estimate of drug-likeness (QED) is 0.395. The normalized spacial score (nSPS) is 11.7. The summed E-state index contributed by atoms with van der Waals surface area (Å²) in [5.41, 5.74) is 1.78. The van der Waals surface area contributed by atoms with Crippen LogP contribution in [0.1, 0.15) is 33.8 Å². The molecule has 4 rings (SSSR count). The predicted octanol–water partition coefficient (Wildman–Crippen LogP) is 4.35. The van der Waals surface area contributed by atoms with Crippen molar-refractivity contribution >= 4 is 22.9 Å². The minimum atomic E-state index is -0.736. The highest BCUT2D eigenvalue weighted by Crippen LogP contribution is 2.39. The summed E-state index contributed by atoms with van der Waals surface area (Å²) < 4.78 is 15.5. The minimum Gasteiger partial charge on any atom is -0.508 e. The van der Waals surface area contributed by atoms with Crippen LogP contribution in [0.25, 0.3) is 22.1 Å². The first-order valence-corrected chi connectivity index (χ1v) is 10.7. The third kappa shape index (κ3) is 4.59. The number of phenols is 2. The van der Waals surface area contributed by atoms with E-state index in [4.69, 9.17) is 13.9 Å². The SMILES string of the molecule is COC(=O)C[C@@H](c1ccc(C(=O)OC)cc1)c1c(O)ccc2c(=O)c(-c3ccc(O)cc3)coc12. The molecule has 0 aliphatic heterocycles. The highest BCUT2D eigenvalue weighted by molar-refractivity contribution is 5.90. The summed E-state index contributed by atoms with van der Waals surface area (Å²) in [7, 11) is 2.53. The molecule has 1 aromatic heterocycles. The molecule has 0 saturated heterocycles. The van der Waals surface area contributed by atoms with Crippen LogP contribution in [-0.4, -0.2) is 36.4 Å². The van der Waals surface area contributed by atoms with E-state index in [0.717, 1.165) is 0 Å². The number of hydrogen-bond acceptors (Lipinski definition) is 8. The maximum atomic E-state index is 13.3. The van der Waals surface area contributed by atoms with Gasteiger partial charge in [-0.15, -0.1) is 0 Å². The molecule has 0 aliphatic carbocycles. The number of hydrogen-bond donors (Lipinski definition) is 2. The summed E-state index contributed by atoms with van der Waals surface area (Å²) in [6.07, 6.45) is 1.14. The number of carbonyl (C=O) groups excluding carboxylic acids is 2. The second kappa shape index (κ2) is 9.72. The molecular weight excluding hydrogens is 452 g/mol. The molecule has 1 atom stereocenters. The van der Waals surface area contributed by atoms with Crippen molar-refractivity contribution in [3.05, 3.63) is 93.8 Å². The lowest BCUT2D eigenvalue weighted by Crippen LogP contribution is -2.13. The molecule has 0 radical (unpaired) electrons. The number of aromatic hydroxyl groups is 2. The molecule has 0 saturated carbocycles. The Morgan fingerprint density at radius 3 is 2.23 bits per heavy atom. The van der Waals surface area contributed by atoms with Crippen LogP contribution in [0.5, 0.6) is 11.5 Å². The Morgan fingerprint density at radius 2 is 1.60 bits per heavy atom. The van der Waals surface area contributed by atoms with E-state index in [0.29, 0.717) is 16.7 Å². The Bertz CT molecular complexity index is 1450. The standard InChI is InChI=1S/C27H22O8/c1-33-23(30)13-20(15-3-5-17(6-4-15)27(32)34-2)24-22(29)12-11-19-25(31)21(14-35-26(19)24)16-7-9-18(28)10-8-16/h3-12,14,20,28-29H,13H2,1-2H3/t20-/m0/s1. The number of methoxy groups -OCH3 is 2. The summed E-state index contributed by atoms with van der Waals surface area (Å²) in [6.45, 7) is 0. The zero-order valence-corrected chi connectivity index (χ0v) is 19.0. The van der Waals surface area contributed by atoms with Gasteiger partial charge in [0.25, 0.3) is 0 Å². The van der Waals surface area contributed by atoms with Gasteiger partial charge in [-0.05, 0) is 47.5 Å². The summed E-state index contributed by atoms with van der Waals surface area (Å²) in [6, 6.07) is 15.3. The summed E-state index contributed by atoms with van der Waals surface area (Å²) in [5.74, 6) is -1.88. The second-order valence-electron chi connectivity index (χ2n) is 7.85. The molecule has 4 aromatic rings. The molecule has 0 fully saturated rings. The average Bonchev–Trinajstić information content (AvgIpc) is 2.88. The molecule has 35 heavy (non-hydrogen) atoms. The van der Waals surface area contributed by atoms with Crippen molar-refractivity contribution < 1.29 is 33.7 Å². The van der Waals surface area contributed by atoms with Gasteiger partial charge < -0.3 is 24.1 Å². The topological polar surface area (TPSA) is 123 Å². The molecule has 0 bridgehead atoms. The number of phenolic OH excluding ortho intramolecular Hbond substituents is 2. The summed E-state index contributed by atoms with van der Waals surface area (Å²) in [5, 5.41) is 20.6. The molecular formula is C27H22O8. The fourth-order valence-electron chi connectivity index (χ4n) is 3.99. The Balaban J connectivity index is 1.89. The molecule has 3 aromatic carbocycles. The summed E-state index contributed by atoms with van der Waals surface area (Å²) in [4.78, 5) is 37.4. The number of esters is 2. The number of rotatable bonds is 6. The number of fused-ring (bicyclic) bond motifs is 1. The predicted molar refractivity (Wildman–Crippen MR) is 128 cm³/mol. The van der Waals surface area contributed by atoms with Crippen molar-refractivity contribution in [3.8, 4) is 22.6 Å². The lowest BCUT2D eigenvalue weighted by atomic mass is 9.86. The van der Waals surface area contributed by atoms with Gasteiger partial charge in [0.15, 0.2) is 0 Å². The molecule has 0 amide bonds.